The maximum absolute atomic E-state index is 14.0. The summed E-state index contributed by atoms with van der Waals surface area (Å²) in [4.78, 5) is 4.48. The van der Waals surface area contributed by atoms with Crippen molar-refractivity contribution in [2.45, 2.75) is 13.1 Å². The van der Waals surface area contributed by atoms with E-state index >= 15 is 0 Å². The number of H-pyrrole nitrogens is 1. The molecule has 4 rings (SSSR count). The SMILES string of the molecule is CSC(=Nc1cc(Cl)n(Cc2ccccc2F)n1)Nc1cc(Cl)[n+](Cc2ccccc2F)[nH]1. The van der Waals surface area contributed by atoms with Crippen LogP contribution in [0.2, 0.25) is 10.3 Å². The number of amidine groups is 1. The third-order valence-corrected chi connectivity index (χ3v) is 5.91. The van der Waals surface area contributed by atoms with Crippen molar-refractivity contribution in [1.29, 1.82) is 0 Å². The second-order valence-corrected chi connectivity index (χ2v) is 8.56. The number of nitrogens with one attached hydrogen (secondary N) is 2. The minimum Gasteiger partial charge on any atom is -0.316 e. The lowest BCUT2D eigenvalue weighted by Gasteiger charge is -2.04. The van der Waals surface area contributed by atoms with Gasteiger partial charge >= 0.3 is 5.15 Å². The minimum atomic E-state index is -0.326. The van der Waals surface area contributed by atoms with Crippen LogP contribution >= 0.6 is 35.0 Å². The van der Waals surface area contributed by atoms with E-state index in [0.29, 0.717) is 38.2 Å². The lowest BCUT2D eigenvalue weighted by molar-refractivity contribution is -0.739. The lowest BCUT2D eigenvalue weighted by Crippen LogP contribution is -2.37. The van der Waals surface area contributed by atoms with E-state index in [4.69, 9.17) is 23.2 Å². The van der Waals surface area contributed by atoms with E-state index in [2.05, 4.69) is 20.5 Å². The molecule has 0 amide bonds. The zero-order valence-electron chi connectivity index (χ0n) is 17.4. The monoisotopic (exact) mass is 507 g/mol. The fraction of sp³-hybridized carbons (Fsp3) is 0.136. The van der Waals surface area contributed by atoms with Gasteiger partial charge in [-0.15, -0.1) is 5.10 Å². The standard InChI is InChI=1S/C22H18Cl2F2N6S/c1-33-22(27-20-10-18(23)31(29-20)12-14-6-2-4-8-16(14)25)28-21-11-19(24)32(30-21)13-15-7-3-5-9-17(15)26/h2-11H,12-13H2,1H3,(H,27,28,29,30)/p+1. The van der Waals surface area contributed by atoms with Gasteiger partial charge in [-0.2, -0.15) is 5.10 Å². The van der Waals surface area contributed by atoms with Crippen molar-refractivity contribution < 1.29 is 13.5 Å². The molecule has 0 unspecified atom stereocenters. The average Bonchev–Trinajstić information content (AvgIpc) is 3.31. The van der Waals surface area contributed by atoms with Gasteiger partial charge in [0.15, 0.2) is 16.8 Å². The van der Waals surface area contributed by atoms with E-state index in [-0.39, 0.29) is 24.7 Å². The predicted molar refractivity (Wildman–Crippen MR) is 128 cm³/mol. The summed E-state index contributed by atoms with van der Waals surface area (Å²) in [5.74, 6) is 0.304. The molecule has 6 nitrogen and oxygen atoms in total. The second-order valence-electron chi connectivity index (χ2n) is 6.99. The van der Waals surface area contributed by atoms with Gasteiger partial charge in [0.1, 0.15) is 16.8 Å². The molecular weight excluding hydrogens is 489 g/mol. The third-order valence-electron chi connectivity index (χ3n) is 4.71. The van der Waals surface area contributed by atoms with Crippen molar-refractivity contribution in [2.24, 2.45) is 4.99 Å². The van der Waals surface area contributed by atoms with Crippen LogP contribution in [0.4, 0.5) is 20.4 Å². The average molecular weight is 508 g/mol. The predicted octanol–water partition coefficient (Wildman–Crippen LogP) is 5.64. The molecule has 2 N–H and O–H groups in total. The molecule has 0 fully saturated rings. The molecule has 2 heterocycles. The molecule has 11 heteroatoms. The van der Waals surface area contributed by atoms with E-state index in [0.717, 1.165) is 0 Å². The van der Waals surface area contributed by atoms with Crippen LogP contribution in [0.5, 0.6) is 0 Å². The molecule has 33 heavy (non-hydrogen) atoms. The molecule has 0 saturated heterocycles. The van der Waals surface area contributed by atoms with Crippen molar-refractivity contribution in [3.05, 3.63) is 93.7 Å². The van der Waals surface area contributed by atoms with E-state index < -0.39 is 0 Å². The Kier molecular flexibility index (Phi) is 7.32. The maximum atomic E-state index is 14.0. The van der Waals surface area contributed by atoms with Crippen LogP contribution in [-0.2, 0) is 13.1 Å². The first kappa shape index (κ1) is 23.3. The Hall–Kier alpha value is -2.88. The minimum absolute atomic E-state index is 0.186. The molecule has 0 aliphatic carbocycles. The summed E-state index contributed by atoms with van der Waals surface area (Å²) in [5, 5.41) is 11.8. The highest BCUT2D eigenvalue weighted by Crippen LogP contribution is 2.22. The van der Waals surface area contributed by atoms with Gasteiger partial charge in [-0.1, -0.05) is 58.4 Å². The molecule has 0 saturated carbocycles. The van der Waals surface area contributed by atoms with Crippen molar-refractivity contribution in [3.63, 3.8) is 0 Å². The van der Waals surface area contributed by atoms with Gasteiger partial charge in [0.05, 0.1) is 18.2 Å². The Balaban J connectivity index is 1.50. The lowest BCUT2D eigenvalue weighted by atomic mass is 10.2. The summed E-state index contributed by atoms with van der Waals surface area (Å²) in [6.07, 6.45) is 1.85. The quantitative estimate of drug-likeness (QED) is 0.201. The van der Waals surface area contributed by atoms with E-state index in [1.807, 2.05) is 6.26 Å². The van der Waals surface area contributed by atoms with Gasteiger partial charge in [-0.05, 0) is 36.1 Å². The molecule has 0 atom stereocenters. The van der Waals surface area contributed by atoms with Gasteiger partial charge in [-0.25, -0.2) is 18.5 Å². The van der Waals surface area contributed by atoms with Crippen molar-refractivity contribution in [2.75, 3.05) is 11.6 Å². The number of halogens is 4. The summed E-state index contributed by atoms with van der Waals surface area (Å²) >= 11 is 13.9. The number of anilines is 1. The number of nitrogens with zero attached hydrogens (tertiary/aromatic N) is 4. The fourth-order valence-electron chi connectivity index (χ4n) is 3.08. The Labute approximate surface area is 203 Å². The van der Waals surface area contributed by atoms with Crippen LogP contribution in [0, 0.1) is 11.6 Å². The van der Waals surface area contributed by atoms with Crippen LogP contribution in [-0.4, -0.2) is 26.3 Å². The summed E-state index contributed by atoms with van der Waals surface area (Å²) in [6.45, 7) is 0.431. The number of benzene rings is 2. The largest absolute Gasteiger partial charge is 0.316 e. The Morgan fingerprint density at radius 2 is 1.76 bits per heavy atom. The van der Waals surface area contributed by atoms with Crippen molar-refractivity contribution in [1.82, 2.24) is 14.9 Å². The molecule has 0 spiro atoms. The van der Waals surface area contributed by atoms with Crippen LogP contribution in [0.3, 0.4) is 0 Å². The third kappa shape index (κ3) is 5.73. The number of rotatable bonds is 6. The number of thioether (sulfide) groups is 1. The van der Waals surface area contributed by atoms with E-state index in [1.165, 1.54) is 28.6 Å². The smallest absolute Gasteiger partial charge is 0.302 e. The zero-order valence-corrected chi connectivity index (χ0v) is 19.7. The van der Waals surface area contributed by atoms with Crippen LogP contribution in [0.25, 0.3) is 0 Å². The number of hydrogen-bond donors (Lipinski definition) is 2. The Morgan fingerprint density at radius 3 is 2.42 bits per heavy atom. The van der Waals surface area contributed by atoms with Gasteiger partial charge in [0.2, 0.25) is 6.54 Å². The molecular formula is C22H19Cl2F2N6S+. The first-order valence-corrected chi connectivity index (χ1v) is 11.8. The zero-order chi connectivity index (χ0) is 23.4. The van der Waals surface area contributed by atoms with Gasteiger partial charge < -0.3 is 5.32 Å². The summed E-state index contributed by atoms with van der Waals surface area (Å²) < 4.78 is 31.0. The summed E-state index contributed by atoms with van der Waals surface area (Å²) in [6, 6.07) is 16.2. The number of aromatic nitrogens is 4. The highest BCUT2D eigenvalue weighted by Gasteiger charge is 2.18. The molecule has 2 aromatic heterocycles. The number of hydrogen-bond acceptors (Lipinski definition) is 3. The topological polar surface area (TPSA) is 61.9 Å². The van der Waals surface area contributed by atoms with Gasteiger partial charge in [0, 0.05) is 11.6 Å². The maximum Gasteiger partial charge on any atom is 0.302 e. The van der Waals surface area contributed by atoms with Crippen LogP contribution < -0.4 is 10.00 Å². The van der Waals surface area contributed by atoms with E-state index in [9.17, 15) is 8.78 Å². The van der Waals surface area contributed by atoms with Crippen LogP contribution in [0.1, 0.15) is 11.1 Å². The Morgan fingerprint density at radius 1 is 1.09 bits per heavy atom. The normalized spacial score (nSPS) is 11.7. The first-order chi connectivity index (χ1) is 15.9. The summed E-state index contributed by atoms with van der Waals surface area (Å²) in [7, 11) is 0. The fourth-order valence-corrected chi connectivity index (χ4v) is 3.89. The van der Waals surface area contributed by atoms with E-state index in [1.54, 1.807) is 53.2 Å². The second kappa shape index (κ2) is 10.4. The highest BCUT2D eigenvalue weighted by molar-refractivity contribution is 8.13. The Bertz CT molecular complexity index is 1300. The molecule has 0 aliphatic rings. The summed E-state index contributed by atoms with van der Waals surface area (Å²) in [5.41, 5.74) is 0.980. The molecule has 2 aromatic carbocycles. The molecule has 0 aliphatic heterocycles. The first-order valence-electron chi connectivity index (χ1n) is 9.81. The molecule has 0 bridgehead atoms. The number of aromatic amines is 1. The highest BCUT2D eigenvalue weighted by atomic mass is 35.5. The van der Waals surface area contributed by atoms with Gasteiger partial charge in [-0.3, -0.25) is 0 Å². The van der Waals surface area contributed by atoms with Gasteiger partial charge in [0.25, 0.3) is 0 Å². The van der Waals surface area contributed by atoms with Crippen LogP contribution in [0.15, 0.2) is 65.7 Å². The van der Waals surface area contributed by atoms with Crippen molar-refractivity contribution >= 4 is 51.8 Å². The number of aliphatic imine (C=N–C) groups is 1. The van der Waals surface area contributed by atoms with Crippen molar-refractivity contribution in [3.8, 4) is 0 Å². The molecule has 4 aromatic rings. The molecule has 0 radical (unpaired) electrons. The molecule has 170 valence electrons.